The van der Waals surface area contributed by atoms with Crippen LogP contribution in [0.25, 0.3) is 10.2 Å². The predicted molar refractivity (Wildman–Crippen MR) is 105 cm³/mol. The van der Waals surface area contributed by atoms with Crippen molar-refractivity contribution in [2.45, 2.75) is 76.8 Å². The normalized spacial score (nSPS) is 24.8. The van der Waals surface area contributed by atoms with Crippen LogP contribution in [0.1, 0.15) is 79.2 Å². The first-order valence-corrected chi connectivity index (χ1v) is 10.9. The Hall–Kier alpha value is -1.40. The molecule has 142 valence electrons. The largest absolute Gasteiger partial charge is 0.396 e. The highest BCUT2D eigenvalue weighted by Gasteiger charge is 2.25. The van der Waals surface area contributed by atoms with Crippen LogP contribution in [0.15, 0.2) is 6.07 Å². The molecule has 5 nitrogen and oxygen atoms in total. The Balaban J connectivity index is 1.49. The van der Waals surface area contributed by atoms with Gasteiger partial charge in [0.2, 0.25) is 0 Å². The van der Waals surface area contributed by atoms with E-state index in [2.05, 4.69) is 10.00 Å². The molecule has 0 radical (unpaired) electrons. The van der Waals surface area contributed by atoms with Crippen molar-refractivity contribution in [3.8, 4) is 0 Å². The van der Waals surface area contributed by atoms with E-state index in [9.17, 15) is 9.90 Å². The summed E-state index contributed by atoms with van der Waals surface area (Å²) in [5.74, 6) is 0.463. The maximum Gasteiger partial charge on any atom is 0.261 e. The third-order valence-electron chi connectivity index (χ3n) is 6.15. The molecule has 4 rings (SSSR count). The molecular weight excluding hydrogens is 346 g/mol. The summed E-state index contributed by atoms with van der Waals surface area (Å²) in [5, 5.41) is 18.4. The van der Waals surface area contributed by atoms with Crippen molar-refractivity contribution in [2.75, 3.05) is 6.61 Å². The Kier molecular flexibility index (Phi) is 5.32. The van der Waals surface area contributed by atoms with E-state index in [1.807, 2.05) is 13.0 Å². The number of thiophene rings is 1. The fraction of sp³-hybridized carbons (Fsp3) is 0.700. The molecule has 2 heterocycles. The Bertz CT molecular complexity index is 767. The Morgan fingerprint density at radius 2 is 1.96 bits per heavy atom. The number of aliphatic hydroxyl groups excluding tert-OH is 1. The second kappa shape index (κ2) is 7.69. The first-order valence-electron chi connectivity index (χ1n) is 10.1. The van der Waals surface area contributed by atoms with Gasteiger partial charge in [-0.3, -0.25) is 9.48 Å². The fourth-order valence-corrected chi connectivity index (χ4v) is 5.64. The minimum absolute atomic E-state index is 0.0493. The summed E-state index contributed by atoms with van der Waals surface area (Å²) in [6.07, 6.45) is 10.2. The average Bonchev–Trinajstić information content (AvgIpc) is 3.24. The zero-order chi connectivity index (χ0) is 18.1. The third kappa shape index (κ3) is 3.54. The van der Waals surface area contributed by atoms with Gasteiger partial charge in [-0.2, -0.15) is 5.10 Å². The number of aliphatic hydroxyl groups is 1. The van der Waals surface area contributed by atoms with Crippen LogP contribution in [0.3, 0.4) is 0 Å². The lowest BCUT2D eigenvalue weighted by Crippen LogP contribution is -2.37. The second-order valence-corrected chi connectivity index (χ2v) is 9.06. The summed E-state index contributed by atoms with van der Waals surface area (Å²) in [4.78, 5) is 14.7. The summed E-state index contributed by atoms with van der Waals surface area (Å²) >= 11 is 1.59. The lowest BCUT2D eigenvalue weighted by molar-refractivity contribution is 0.0918. The van der Waals surface area contributed by atoms with E-state index in [1.165, 1.54) is 32.1 Å². The second-order valence-electron chi connectivity index (χ2n) is 8.02. The van der Waals surface area contributed by atoms with E-state index in [4.69, 9.17) is 5.10 Å². The summed E-state index contributed by atoms with van der Waals surface area (Å²) in [6.45, 7) is 2.32. The molecule has 0 atom stereocenters. The molecule has 6 heteroatoms. The van der Waals surface area contributed by atoms with E-state index >= 15 is 0 Å². The number of rotatable bonds is 4. The molecule has 2 aromatic heterocycles. The number of aromatic nitrogens is 2. The topological polar surface area (TPSA) is 67.2 Å². The van der Waals surface area contributed by atoms with Crippen molar-refractivity contribution < 1.29 is 9.90 Å². The molecule has 2 aromatic rings. The van der Waals surface area contributed by atoms with Gasteiger partial charge in [-0.15, -0.1) is 11.3 Å². The van der Waals surface area contributed by atoms with Crippen molar-refractivity contribution in [1.29, 1.82) is 0 Å². The highest BCUT2D eigenvalue weighted by Crippen LogP contribution is 2.35. The van der Waals surface area contributed by atoms with Crippen LogP contribution in [-0.2, 0) is 0 Å². The average molecular weight is 376 g/mol. The molecule has 0 spiro atoms. The van der Waals surface area contributed by atoms with Crippen molar-refractivity contribution in [2.24, 2.45) is 5.92 Å². The van der Waals surface area contributed by atoms with E-state index in [1.54, 1.807) is 11.3 Å². The Morgan fingerprint density at radius 3 is 2.65 bits per heavy atom. The van der Waals surface area contributed by atoms with Gasteiger partial charge in [0.05, 0.1) is 16.6 Å². The van der Waals surface area contributed by atoms with Crippen molar-refractivity contribution in [1.82, 2.24) is 15.1 Å². The van der Waals surface area contributed by atoms with Gasteiger partial charge in [-0.25, -0.2) is 0 Å². The number of carbonyl (C=O) groups is 1. The number of nitrogens with one attached hydrogen (secondary N) is 1. The molecule has 1 amide bonds. The molecular formula is C20H29N3O2S. The van der Waals surface area contributed by atoms with Crippen LogP contribution in [0.4, 0.5) is 0 Å². The number of hydrogen-bond acceptors (Lipinski definition) is 4. The summed E-state index contributed by atoms with van der Waals surface area (Å²) < 4.78 is 2.19. The Morgan fingerprint density at radius 1 is 1.23 bits per heavy atom. The fourth-order valence-electron chi connectivity index (χ4n) is 4.50. The smallest absolute Gasteiger partial charge is 0.261 e. The first kappa shape index (κ1) is 18.0. The van der Waals surface area contributed by atoms with Crippen LogP contribution in [-0.4, -0.2) is 33.4 Å². The zero-order valence-electron chi connectivity index (χ0n) is 15.5. The first-order chi connectivity index (χ1) is 12.7. The van der Waals surface area contributed by atoms with Crippen LogP contribution in [0, 0.1) is 12.8 Å². The molecule has 2 aliphatic rings. The van der Waals surface area contributed by atoms with E-state index in [-0.39, 0.29) is 18.6 Å². The number of aryl methyl sites for hydroxylation is 1. The van der Waals surface area contributed by atoms with Gasteiger partial charge >= 0.3 is 0 Å². The van der Waals surface area contributed by atoms with E-state index in [0.29, 0.717) is 12.0 Å². The van der Waals surface area contributed by atoms with Crippen LogP contribution in [0.2, 0.25) is 0 Å². The molecule has 0 unspecified atom stereocenters. The van der Waals surface area contributed by atoms with Crippen molar-refractivity contribution in [3.63, 3.8) is 0 Å². The van der Waals surface area contributed by atoms with Gasteiger partial charge in [-0.1, -0.05) is 19.3 Å². The van der Waals surface area contributed by atoms with Crippen molar-refractivity contribution >= 4 is 27.5 Å². The molecule has 2 aliphatic carbocycles. The van der Waals surface area contributed by atoms with Gasteiger partial charge in [0, 0.05) is 18.0 Å². The highest BCUT2D eigenvalue weighted by atomic mass is 32.1. The summed E-state index contributed by atoms with van der Waals surface area (Å²) in [7, 11) is 0. The van der Waals surface area contributed by atoms with Gasteiger partial charge in [0.25, 0.3) is 5.91 Å². The lowest BCUT2D eigenvalue weighted by Gasteiger charge is -2.27. The molecule has 26 heavy (non-hydrogen) atoms. The molecule has 0 bridgehead atoms. The van der Waals surface area contributed by atoms with Crippen LogP contribution >= 0.6 is 11.3 Å². The lowest BCUT2D eigenvalue weighted by atomic mass is 9.86. The Labute approximate surface area is 158 Å². The highest BCUT2D eigenvalue weighted by molar-refractivity contribution is 7.20. The van der Waals surface area contributed by atoms with Gasteiger partial charge in [0.1, 0.15) is 4.83 Å². The zero-order valence-corrected chi connectivity index (χ0v) is 16.4. The van der Waals surface area contributed by atoms with Gasteiger partial charge < -0.3 is 10.4 Å². The molecule has 2 fully saturated rings. The maximum atomic E-state index is 12.8. The summed E-state index contributed by atoms with van der Waals surface area (Å²) in [6, 6.07) is 2.76. The quantitative estimate of drug-likeness (QED) is 0.842. The van der Waals surface area contributed by atoms with Crippen LogP contribution < -0.4 is 5.32 Å². The number of fused-ring (bicyclic) bond motifs is 1. The monoisotopic (exact) mass is 375 g/mol. The van der Waals surface area contributed by atoms with Crippen molar-refractivity contribution in [3.05, 3.63) is 16.6 Å². The van der Waals surface area contributed by atoms with Gasteiger partial charge in [-0.05, 0) is 57.4 Å². The van der Waals surface area contributed by atoms with Crippen LogP contribution in [0.5, 0.6) is 0 Å². The number of hydrogen-bond donors (Lipinski definition) is 2. The molecule has 2 N–H and O–H groups in total. The number of nitrogens with zero attached hydrogens (tertiary/aromatic N) is 2. The number of amides is 1. The molecule has 0 saturated heterocycles. The minimum Gasteiger partial charge on any atom is -0.396 e. The molecule has 2 saturated carbocycles. The van der Waals surface area contributed by atoms with Gasteiger partial charge in [0.15, 0.2) is 0 Å². The SMILES string of the molecule is Cc1nn(C2CCCCC2)c2sc(C(=O)N[C@H]3CC[C@@H](CO)CC3)cc12. The van der Waals surface area contributed by atoms with E-state index in [0.717, 1.165) is 46.5 Å². The molecule has 0 aliphatic heterocycles. The third-order valence-corrected chi connectivity index (χ3v) is 7.28. The predicted octanol–water partition coefficient (Wildman–Crippen LogP) is 4.19. The standard InChI is InChI=1S/C20H29N3O2S/c1-13-17-11-18(19(25)21-15-9-7-14(12-24)8-10-15)26-20(17)23(22-13)16-5-3-2-4-6-16/h11,14-16,24H,2-10,12H2,1H3,(H,21,25)/t14-,15+. The minimum atomic E-state index is 0.0493. The summed E-state index contributed by atoms with van der Waals surface area (Å²) in [5.41, 5.74) is 1.03. The number of carbonyl (C=O) groups excluding carboxylic acids is 1. The van der Waals surface area contributed by atoms with E-state index < -0.39 is 0 Å². The maximum absolute atomic E-state index is 12.8. The molecule has 0 aromatic carbocycles.